The highest BCUT2D eigenvalue weighted by atomic mass is 79.9. The topological polar surface area (TPSA) is 41.6 Å². The van der Waals surface area contributed by atoms with Gasteiger partial charge in [0.15, 0.2) is 0 Å². The van der Waals surface area contributed by atoms with E-state index in [0.717, 1.165) is 27.0 Å². The Labute approximate surface area is 151 Å². The zero-order chi connectivity index (χ0) is 17.5. The summed E-state index contributed by atoms with van der Waals surface area (Å²) in [6.45, 7) is 5.53. The van der Waals surface area contributed by atoms with E-state index in [1.165, 1.54) is 0 Å². The third kappa shape index (κ3) is 5.65. The van der Waals surface area contributed by atoms with E-state index in [1.807, 2.05) is 68.3 Å². The Morgan fingerprint density at radius 3 is 2.50 bits per heavy atom. The highest BCUT2D eigenvalue weighted by Crippen LogP contribution is 2.19. The van der Waals surface area contributed by atoms with E-state index in [1.54, 1.807) is 0 Å². The van der Waals surface area contributed by atoms with Crippen LogP contribution >= 0.6 is 15.9 Å². The van der Waals surface area contributed by atoms with Gasteiger partial charge in [0, 0.05) is 16.7 Å². The molecule has 2 rings (SSSR count). The molecule has 24 heavy (non-hydrogen) atoms. The number of carbonyl (C=O) groups is 1. The lowest BCUT2D eigenvalue weighted by atomic mass is 10.1. The molecule has 2 aromatic rings. The molecular formula is C19H23BrN2O2. The second kappa shape index (κ2) is 8.85. The molecule has 0 unspecified atom stereocenters. The number of nitrogens with one attached hydrogen (secondary N) is 1. The number of carbonyl (C=O) groups excluding carboxylic acids is 1. The summed E-state index contributed by atoms with van der Waals surface area (Å²) in [6, 6.07) is 13.7. The number of amides is 1. The van der Waals surface area contributed by atoms with E-state index >= 15 is 0 Å². The van der Waals surface area contributed by atoms with Crippen LogP contribution in [0.1, 0.15) is 11.1 Å². The standard InChI is InChI=1S/C19H23BrN2O2/c1-14-6-4-7-15(2)19(14)21-18(23)13-22(3)10-11-24-17-9-5-8-16(20)12-17/h4-9,12H,10-11,13H2,1-3H3,(H,21,23). The van der Waals surface area contributed by atoms with Crippen molar-refractivity contribution in [2.45, 2.75) is 13.8 Å². The largest absolute Gasteiger partial charge is 0.492 e. The highest BCUT2D eigenvalue weighted by Gasteiger charge is 2.10. The Balaban J connectivity index is 1.77. The number of anilines is 1. The van der Waals surface area contributed by atoms with Gasteiger partial charge in [0.1, 0.15) is 12.4 Å². The van der Waals surface area contributed by atoms with Crippen LogP contribution in [-0.2, 0) is 4.79 Å². The Bertz CT molecular complexity index is 683. The lowest BCUT2D eigenvalue weighted by Crippen LogP contribution is -2.33. The van der Waals surface area contributed by atoms with E-state index in [-0.39, 0.29) is 5.91 Å². The fourth-order valence-corrected chi connectivity index (χ4v) is 2.77. The average Bonchev–Trinajstić information content (AvgIpc) is 2.51. The van der Waals surface area contributed by atoms with Gasteiger partial charge >= 0.3 is 0 Å². The number of para-hydroxylation sites is 1. The summed E-state index contributed by atoms with van der Waals surface area (Å²) < 4.78 is 6.68. The summed E-state index contributed by atoms with van der Waals surface area (Å²) in [6.07, 6.45) is 0. The van der Waals surface area contributed by atoms with Crippen LogP contribution in [0.25, 0.3) is 0 Å². The van der Waals surface area contributed by atoms with Crippen molar-refractivity contribution in [3.8, 4) is 5.75 Å². The highest BCUT2D eigenvalue weighted by molar-refractivity contribution is 9.10. The molecule has 0 bridgehead atoms. The van der Waals surface area contributed by atoms with Crippen LogP contribution in [0.2, 0.25) is 0 Å². The summed E-state index contributed by atoms with van der Waals surface area (Å²) in [7, 11) is 1.91. The molecular weight excluding hydrogens is 368 g/mol. The number of nitrogens with zero attached hydrogens (tertiary/aromatic N) is 1. The van der Waals surface area contributed by atoms with Gasteiger partial charge < -0.3 is 10.1 Å². The summed E-state index contributed by atoms with van der Waals surface area (Å²) in [4.78, 5) is 14.2. The van der Waals surface area contributed by atoms with Crippen molar-refractivity contribution in [1.29, 1.82) is 0 Å². The van der Waals surface area contributed by atoms with Crippen molar-refractivity contribution in [2.75, 3.05) is 32.1 Å². The predicted octanol–water partition coefficient (Wildman–Crippen LogP) is 4.02. The van der Waals surface area contributed by atoms with Crippen LogP contribution in [0.5, 0.6) is 5.75 Å². The third-order valence-corrected chi connectivity index (χ3v) is 4.19. The number of aryl methyl sites for hydroxylation is 2. The molecule has 0 radical (unpaired) electrons. The maximum absolute atomic E-state index is 12.2. The minimum Gasteiger partial charge on any atom is -0.492 e. The Morgan fingerprint density at radius 2 is 1.83 bits per heavy atom. The second-order valence-electron chi connectivity index (χ2n) is 5.86. The minimum absolute atomic E-state index is 0.0163. The molecule has 0 aliphatic rings. The maximum Gasteiger partial charge on any atom is 0.238 e. The van der Waals surface area contributed by atoms with Crippen molar-refractivity contribution in [2.24, 2.45) is 0 Å². The number of hydrogen-bond acceptors (Lipinski definition) is 3. The lowest BCUT2D eigenvalue weighted by molar-refractivity contribution is -0.117. The minimum atomic E-state index is -0.0163. The van der Waals surface area contributed by atoms with Gasteiger partial charge in [0.05, 0.1) is 6.54 Å². The van der Waals surface area contributed by atoms with Crippen LogP contribution < -0.4 is 10.1 Å². The van der Waals surface area contributed by atoms with Gasteiger partial charge in [0.25, 0.3) is 0 Å². The first kappa shape index (κ1) is 18.5. The molecule has 1 amide bonds. The van der Waals surface area contributed by atoms with Gasteiger partial charge in [-0.25, -0.2) is 0 Å². The number of rotatable bonds is 7. The molecule has 0 spiro atoms. The van der Waals surface area contributed by atoms with Crippen LogP contribution in [0.3, 0.4) is 0 Å². The molecule has 5 heteroatoms. The van der Waals surface area contributed by atoms with Gasteiger partial charge in [-0.1, -0.05) is 40.2 Å². The summed E-state index contributed by atoms with van der Waals surface area (Å²) in [5.41, 5.74) is 3.05. The number of likely N-dealkylation sites (N-methyl/N-ethyl adjacent to an activating group) is 1. The van der Waals surface area contributed by atoms with Gasteiger partial charge in [-0.3, -0.25) is 9.69 Å². The zero-order valence-electron chi connectivity index (χ0n) is 14.3. The van der Waals surface area contributed by atoms with Gasteiger partial charge in [-0.2, -0.15) is 0 Å². The first-order valence-electron chi connectivity index (χ1n) is 7.88. The first-order valence-corrected chi connectivity index (χ1v) is 8.68. The van der Waals surface area contributed by atoms with Crippen LogP contribution in [-0.4, -0.2) is 37.6 Å². The fraction of sp³-hybridized carbons (Fsp3) is 0.316. The van der Waals surface area contributed by atoms with Crippen molar-refractivity contribution in [1.82, 2.24) is 4.90 Å². The SMILES string of the molecule is Cc1cccc(C)c1NC(=O)CN(C)CCOc1cccc(Br)c1. The quantitative estimate of drug-likeness (QED) is 0.776. The number of halogens is 1. The molecule has 0 aromatic heterocycles. The monoisotopic (exact) mass is 390 g/mol. The first-order chi connectivity index (χ1) is 11.5. The van der Waals surface area contributed by atoms with Crippen LogP contribution in [0.15, 0.2) is 46.9 Å². The lowest BCUT2D eigenvalue weighted by Gasteiger charge is -2.18. The normalized spacial score (nSPS) is 10.7. The van der Waals surface area contributed by atoms with Crippen molar-refractivity contribution >= 4 is 27.5 Å². The Kier molecular flexibility index (Phi) is 6.82. The smallest absolute Gasteiger partial charge is 0.238 e. The Morgan fingerprint density at radius 1 is 1.17 bits per heavy atom. The molecule has 0 saturated heterocycles. The molecule has 0 atom stereocenters. The number of ether oxygens (including phenoxy) is 1. The van der Waals surface area contributed by atoms with E-state index in [0.29, 0.717) is 19.7 Å². The molecule has 0 aliphatic carbocycles. The number of benzene rings is 2. The molecule has 2 aromatic carbocycles. The molecule has 128 valence electrons. The summed E-state index contributed by atoms with van der Waals surface area (Å²) >= 11 is 3.42. The van der Waals surface area contributed by atoms with E-state index in [4.69, 9.17) is 4.74 Å². The summed E-state index contributed by atoms with van der Waals surface area (Å²) in [5.74, 6) is 0.801. The predicted molar refractivity (Wildman–Crippen MR) is 102 cm³/mol. The van der Waals surface area contributed by atoms with Gasteiger partial charge in [-0.15, -0.1) is 0 Å². The van der Waals surface area contributed by atoms with Crippen molar-refractivity contribution in [3.63, 3.8) is 0 Å². The van der Waals surface area contributed by atoms with Crippen LogP contribution in [0.4, 0.5) is 5.69 Å². The van der Waals surface area contributed by atoms with E-state index in [2.05, 4.69) is 21.2 Å². The molecule has 1 N–H and O–H groups in total. The second-order valence-corrected chi connectivity index (χ2v) is 6.77. The van der Waals surface area contributed by atoms with Gasteiger partial charge in [0.2, 0.25) is 5.91 Å². The van der Waals surface area contributed by atoms with Crippen LogP contribution in [0, 0.1) is 13.8 Å². The zero-order valence-corrected chi connectivity index (χ0v) is 15.9. The molecule has 0 fully saturated rings. The van der Waals surface area contributed by atoms with Gasteiger partial charge in [-0.05, 0) is 50.2 Å². The molecule has 0 aliphatic heterocycles. The summed E-state index contributed by atoms with van der Waals surface area (Å²) in [5, 5.41) is 3.00. The molecule has 0 heterocycles. The number of hydrogen-bond donors (Lipinski definition) is 1. The van der Waals surface area contributed by atoms with E-state index in [9.17, 15) is 4.79 Å². The molecule has 0 saturated carbocycles. The maximum atomic E-state index is 12.2. The molecule has 4 nitrogen and oxygen atoms in total. The average molecular weight is 391 g/mol. The third-order valence-electron chi connectivity index (χ3n) is 3.70. The Hall–Kier alpha value is -1.85. The van der Waals surface area contributed by atoms with Crippen molar-refractivity contribution < 1.29 is 9.53 Å². The fourth-order valence-electron chi connectivity index (χ4n) is 2.39. The van der Waals surface area contributed by atoms with E-state index < -0.39 is 0 Å². The van der Waals surface area contributed by atoms with Crippen molar-refractivity contribution in [3.05, 3.63) is 58.1 Å².